The van der Waals surface area contributed by atoms with Gasteiger partial charge in [0.15, 0.2) is 0 Å². The van der Waals surface area contributed by atoms with E-state index < -0.39 is 109 Å². The van der Waals surface area contributed by atoms with E-state index in [1.54, 1.807) is 37.6 Å². The van der Waals surface area contributed by atoms with Gasteiger partial charge in [-0.3, -0.25) is 33.7 Å². The Morgan fingerprint density at radius 2 is 1.49 bits per heavy atom. The van der Waals surface area contributed by atoms with Gasteiger partial charge in [-0.25, -0.2) is 13.6 Å². The molecule has 3 atom stereocenters. The van der Waals surface area contributed by atoms with E-state index in [1.807, 2.05) is 30.3 Å². The van der Waals surface area contributed by atoms with Crippen LogP contribution in [0.25, 0.3) is 11.1 Å². The third kappa shape index (κ3) is 14.3. The highest BCUT2D eigenvalue weighted by molar-refractivity contribution is 6.14. The van der Waals surface area contributed by atoms with Crippen LogP contribution >= 0.6 is 0 Å². The number of benzene rings is 2. The largest absolute Gasteiger partial charge is 0.493 e. The number of aliphatic hydroxyl groups is 1. The molecule has 16 nitrogen and oxygen atoms in total. The average Bonchev–Trinajstić information content (AvgIpc) is 3.75. The van der Waals surface area contributed by atoms with Crippen molar-refractivity contribution in [3.63, 3.8) is 0 Å². The maximum atomic E-state index is 15.0. The third-order valence-corrected chi connectivity index (χ3v) is 9.66. The zero-order valence-electron chi connectivity index (χ0n) is 34.5. The standard InChI is InChI=1S/C42H48F5N7O9/c1-41(2,3)37(31-19-26(29-20-27(43)9-10-30(29)44)22-52(31)21-25-7-5-4-6-8-25)38(60)39(61)51-16-15-28(48)23-54(63-40(62)42(45,46)47)36(59)12-11-32(55)49-17-18-50-33(56)24-53-34(57)13-14-35(53)58/h4-10,13-14,19-20,22,28,37-38,60H,11-12,15-18,21,23-24,48H2,1-3H3,(H,49,55)(H,50,56)(H,51,61)/t28-,37+,38-/m0/s1. The van der Waals surface area contributed by atoms with Crippen LogP contribution in [0.1, 0.15) is 57.2 Å². The van der Waals surface area contributed by atoms with Crippen LogP contribution in [0.4, 0.5) is 22.0 Å². The van der Waals surface area contributed by atoms with Crippen molar-refractivity contribution in [1.29, 1.82) is 0 Å². The van der Waals surface area contributed by atoms with Crippen LogP contribution in [0.15, 0.2) is 72.9 Å². The fourth-order valence-corrected chi connectivity index (χ4v) is 6.56. The van der Waals surface area contributed by atoms with Crippen LogP contribution in [0.5, 0.6) is 0 Å². The van der Waals surface area contributed by atoms with Gasteiger partial charge < -0.3 is 36.2 Å². The lowest BCUT2D eigenvalue weighted by molar-refractivity contribution is -0.237. The van der Waals surface area contributed by atoms with Gasteiger partial charge in [-0.1, -0.05) is 51.1 Å². The molecule has 0 spiro atoms. The molecule has 1 aliphatic rings. The van der Waals surface area contributed by atoms with E-state index in [-0.39, 0.29) is 43.2 Å². The van der Waals surface area contributed by atoms with Crippen molar-refractivity contribution in [2.75, 3.05) is 32.7 Å². The molecule has 6 amide bonds. The number of nitrogens with one attached hydrogen (secondary N) is 3. The van der Waals surface area contributed by atoms with Crippen molar-refractivity contribution < 1.29 is 65.5 Å². The summed E-state index contributed by atoms with van der Waals surface area (Å²) in [4.78, 5) is 90.6. The molecule has 1 aliphatic heterocycles. The second-order valence-electron chi connectivity index (χ2n) is 15.6. The van der Waals surface area contributed by atoms with E-state index >= 15 is 0 Å². The first-order valence-electron chi connectivity index (χ1n) is 19.6. The highest BCUT2D eigenvalue weighted by atomic mass is 19.4. The van der Waals surface area contributed by atoms with Crippen molar-refractivity contribution in [3.8, 4) is 11.1 Å². The minimum atomic E-state index is -5.50. The molecule has 2 aromatic carbocycles. The fraction of sp³-hybridized carbons (Fsp3) is 0.405. The number of hydrogen-bond acceptors (Lipinski definition) is 10. The van der Waals surface area contributed by atoms with Gasteiger partial charge in [0.05, 0.1) is 6.54 Å². The van der Waals surface area contributed by atoms with Gasteiger partial charge in [0.2, 0.25) is 17.7 Å². The summed E-state index contributed by atoms with van der Waals surface area (Å²) in [6.07, 6.45) is -5.16. The monoisotopic (exact) mass is 889 g/mol. The minimum Gasteiger partial charge on any atom is -0.383 e. The van der Waals surface area contributed by atoms with Crippen LogP contribution in [-0.2, 0) is 44.9 Å². The number of aromatic nitrogens is 1. The smallest absolute Gasteiger partial charge is 0.383 e. The predicted molar refractivity (Wildman–Crippen MR) is 214 cm³/mol. The van der Waals surface area contributed by atoms with Crippen LogP contribution < -0.4 is 21.7 Å². The van der Waals surface area contributed by atoms with Gasteiger partial charge in [0, 0.05) is 86.2 Å². The molecular weight excluding hydrogens is 841 g/mol. The number of nitrogens with zero attached hydrogens (tertiary/aromatic N) is 3. The molecule has 0 saturated carbocycles. The Morgan fingerprint density at radius 1 is 0.857 bits per heavy atom. The van der Waals surface area contributed by atoms with E-state index in [9.17, 15) is 60.6 Å². The van der Waals surface area contributed by atoms with Crippen molar-refractivity contribution in [1.82, 2.24) is 30.5 Å². The normalized spacial score (nSPS) is 14.2. The summed E-state index contributed by atoms with van der Waals surface area (Å²) in [6.45, 7) is 3.65. The lowest BCUT2D eigenvalue weighted by atomic mass is 9.74. The molecule has 0 aliphatic carbocycles. The molecule has 21 heteroatoms. The second-order valence-corrected chi connectivity index (χ2v) is 15.6. The number of amides is 6. The van der Waals surface area contributed by atoms with Crippen molar-refractivity contribution in [2.45, 2.75) is 70.8 Å². The molecule has 2 heterocycles. The Labute approximate surface area is 358 Å². The number of carbonyl (C=O) groups excluding carboxylic acids is 7. The first-order valence-corrected chi connectivity index (χ1v) is 19.6. The van der Waals surface area contributed by atoms with E-state index in [4.69, 9.17) is 5.73 Å². The van der Waals surface area contributed by atoms with Crippen LogP contribution in [0, 0.1) is 17.0 Å². The maximum absolute atomic E-state index is 15.0. The zero-order valence-corrected chi connectivity index (χ0v) is 34.5. The average molecular weight is 890 g/mol. The summed E-state index contributed by atoms with van der Waals surface area (Å²) in [5.41, 5.74) is 6.79. The Kier molecular flexibility index (Phi) is 16.8. The maximum Gasteiger partial charge on any atom is 0.493 e. The molecule has 0 bridgehead atoms. The topological polar surface area (TPSA) is 222 Å². The molecule has 340 valence electrons. The van der Waals surface area contributed by atoms with E-state index in [2.05, 4.69) is 20.8 Å². The lowest BCUT2D eigenvalue weighted by Gasteiger charge is -2.35. The van der Waals surface area contributed by atoms with E-state index in [0.717, 1.165) is 35.9 Å². The van der Waals surface area contributed by atoms with Crippen molar-refractivity contribution in [3.05, 3.63) is 95.8 Å². The minimum absolute atomic E-state index is 0.0358. The van der Waals surface area contributed by atoms with Gasteiger partial charge in [-0.15, -0.1) is 0 Å². The lowest BCUT2D eigenvalue weighted by Crippen LogP contribution is -2.47. The number of nitrogens with two attached hydrogens (primary N) is 1. The summed E-state index contributed by atoms with van der Waals surface area (Å²) < 4.78 is 70.3. The van der Waals surface area contributed by atoms with Gasteiger partial charge in [0.25, 0.3) is 17.7 Å². The number of imide groups is 1. The van der Waals surface area contributed by atoms with E-state index in [1.165, 1.54) is 0 Å². The quantitative estimate of drug-likeness (QED) is 0.0513. The molecule has 4 rings (SSSR count). The molecule has 0 unspecified atom stereocenters. The summed E-state index contributed by atoms with van der Waals surface area (Å²) in [7, 11) is 0. The molecule has 0 saturated heterocycles. The van der Waals surface area contributed by atoms with Crippen LogP contribution in [-0.4, -0.2) is 112 Å². The van der Waals surface area contributed by atoms with E-state index in [0.29, 0.717) is 16.2 Å². The molecular formula is C42H48F5N7O9. The number of aliphatic hydroxyl groups excluding tert-OH is 1. The molecule has 63 heavy (non-hydrogen) atoms. The van der Waals surface area contributed by atoms with Gasteiger partial charge in [0.1, 0.15) is 24.3 Å². The number of hydroxylamine groups is 2. The number of rotatable bonds is 19. The van der Waals surface area contributed by atoms with Gasteiger partial charge >= 0.3 is 12.1 Å². The van der Waals surface area contributed by atoms with Crippen LogP contribution in [0.2, 0.25) is 0 Å². The van der Waals surface area contributed by atoms with Crippen molar-refractivity contribution in [2.24, 2.45) is 11.1 Å². The first-order chi connectivity index (χ1) is 29.5. The second kappa shape index (κ2) is 21.5. The molecule has 0 fully saturated rings. The Bertz CT molecular complexity index is 2170. The Balaban J connectivity index is 1.36. The number of carbonyl (C=O) groups is 7. The third-order valence-electron chi connectivity index (χ3n) is 9.66. The Morgan fingerprint density at radius 3 is 2.11 bits per heavy atom. The fourth-order valence-electron chi connectivity index (χ4n) is 6.56. The molecule has 6 N–H and O–H groups in total. The number of alkyl halides is 3. The van der Waals surface area contributed by atoms with Gasteiger partial charge in [-0.05, 0) is 41.7 Å². The molecule has 0 radical (unpaired) electrons. The van der Waals surface area contributed by atoms with Crippen molar-refractivity contribution >= 4 is 41.4 Å². The molecule has 1 aromatic heterocycles. The summed E-state index contributed by atoms with van der Waals surface area (Å²) in [6, 6.07) is 12.5. The van der Waals surface area contributed by atoms with Gasteiger partial charge in [-0.2, -0.15) is 18.2 Å². The SMILES string of the molecule is CC(C)(C)[C@H](c1cc(-c2cc(F)ccc2F)cn1Cc1ccccc1)[C@H](O)C(=O)NCC[C@H](N)CN(OC(=O)C(F)(F)F)C(=O)CCC(=O)NCCNC(=O)CN1C(=O)C=CC1=O. The highest BCUT2D eigenvalue weighted by Crippen LogP contribution is 2.41. The molecule has 3 aromatic rings. The summed E-state index contributed by atoms with van der Waals surface area (Å²) in [5.74, 6) is -9.93. The summed E-state index contributed by atoms with van der Waals surface area (Å²) >= 11 is 0. The first kappa shape index (κ1) is 49.2. The highest BCUT2D eigenvalue weighted by Gasteiger charge is 2.44. The number of halogens is 5. The van der Waals surface area contributed by atoms with Crippen LogP contribution in [0.3, 0.4) is 0 Å². The Hall–Kier alpha value is -6.48. The summed E-state index contributed by atoms with van der Waals surface area (Å²) in [5, 5.41) is 18.9. The zero-order chi connectivity index (χ0) is 46.6. The number of hydrogen-bond donors (Lipinski definition) is 5. The predicted octanol–water partition coefficient (Wildman–Crippen LogP) is 2.59.